The summed E-state index contributed by atoms with van der Waals surface area (Å²) in [6.45, 7) is 9.76. The van der Waals surface area contributed by atoms with E-state index in [2.05, 4.69) is 20.8 Å². The van der Waals surface area contributed by atoms with Crippen LogP contribution in [0.2, 0.25) is 0 Å². The van der Waals surface area contributed by atoms with Gasteiger partial charge < -0.3 is 9.59 Å². The van der Waals surface area contributed by atoms with Gasteiger partial charge in [0.15, 0.2) is 0 Å². The highest BCUT2D eigenvalue weighted by Crippen LogP contribution is 2.16. The molecule has 2 N–H and O–H groups in total. The number of hydrogen-bond donors (Lipinski definition) is 2. The number of aliphatic hydroxyl groups is 1. The molecule has 1 unspecified atom stereocenters. The molecule has 0 spiro atoms. The molecule has 0 aliphatic rings. The molecule has 5 nitrogen and oxygen atoms in total. The van der Waals surface area contributed by atoms with Crippen LogP contribution in [0.3, 0.4) is 0 Å². The molecule has 0 aromatic heterocycles. The van der Waals surface area contributed by atoms with E-state index in [0.29, 0.717) is 6.54 Å². The Morgan fingerprint density at radius 1 is 0.905 bits per heavy atom. The van der Waals surface area contributed by atoms with Crippen molar-refractivity contribution in [3.63, 3.8) is 0 Å². The van der Waals surface area contributed by atoms with E-state index >= 15 is 0 Å². The van der Waals surface area contributed by atoms with Crippen molar-refractivity contribution in [2.24, 2.45) is 0 Å². The minimum atomic E-state index is -4.12. The zero-order chi connectivity index (χ0) is 16.4. The molecule has 21 heavy (non-hydrogen) atoms. The van der Waals surface area contributed by atoms with Crippen LogP contribution in [0.25, 0.3) is 0 Å². The zero-order valence-corrected chi connectivity index (χ0v) is 14.7. The quantitative estimate of drug-likeness (QED) is 0.403. The van der Waals surface area contributed by atoms with E-state index in [9.17, 15) is 13.5 Å². The molecule has 0 aromatic carbocycles. The molecule has 0 aromatic rings. The molecular weight excluding hydrogens is 290 g/mol. The average Bonchev–Trinajstić information content (AvgIpc) is 2.38. The lowest BCUT2D eigenvalue weighted by molar-refractivity contribution is -0.931. The second-order valence-electron chi connectivity index (χ2n) is 6.16. The molecule has 0 rings (SSSR count). The van der Waals surface area contributed by atoms with E-state index in [1.54, 1.807) is 0 Å². The Hall–Kier alpha value is -0.170. The lowest BCUT2D eigenvalue weighted by atomic mass is 10.1. The van der Waals surface area contributed by atoms with Crippen LogP contribution in [0.4, 0.5) is 0 Å². The van der Waals surface area contributed by atoms with E-state index in [1.807, 2.05) is 0 Å². The Morgan fingerprint density at radius 3 is 1.57 bits per heavy atom. The highest BCUT2D eigenvalue weighted by atomic mass is 32.2. The van der Waals surface area contributed by atoms with Crippen LogP contribution in [0.5, 0.6) is 0 Å². The van der Waals surface area contributed by atoms with Crippen molar-refractivity contribution in [3.05, 3.63) is 0 Å². The first kappa shape index (κ1) is 20.8. The van der Waals surface area contributed by atoms with Gasteiger partial charge in [0.25, 0.3) is 10.1 Å². The maximum atomic E-state index is 11.0. The Kier molecular flexibility index (Phi) is 10.5. The Labute approximate surface area is 130 Å². The van der Waals surface area contributed by atoms with Crippen LogP contribution >= 0.6 is 0 Å². The van der Waals surface area contributed by atoms with Crippen LogP contribution in [0, 0.1) is 0 Å². The molecule has 0 bridgehead atoms. The largest absolute Gasteiger partial charge is 0.386 e. The van der Waals surface area contributed by atoms with Crippen molar-refractivity contribution in [1.82, 2.24) is 0 Å². The molecule has 0 radical (unpaired) electrons. The van der Waals surface area contributed by atoms with Gasteiger partial charge in [0, 0.05) is 0 Å². The SMILES string of the molecule is CCCC[N+](CCCC)(CCCC)CC(O)CS(=O)(=O)O. The van der Waals surface area contributed by atoms with E-state index in [4.69, 9.17) is 4.55 Å². The number of quaternary nitrogens is 1. The molecule has 0 aliphatic carbocycles. The highest BCUT2D eigenvalue weighted by molar-refractivity contribution is 7.85. The van der Waals surface area contributed by atoms with Crippen molar-refractivity contribution in [2.45, 2.75) is 65.4 Å². The van der Waals surface area contributed by atoms with Gasteiger partial charge in [-0.15, -0.1) is 0 Å². The highest BCUT2D eigenvalue weighted by Gasteiger charge is 2.30. The molecule has 0 aliphatic heterocycles. The second-order valence-corrected chi connectivity index (χ2v) is 7.66. The van der Waals surface area contributed by atoms with Gasteiger partial charge in [-0.2, -0.15) is 8.42 Å². The third-order valence-electron chi connectivity index (χ3n) is 3.96. The minimum Gasteiger partial charge on any atom is -0.386 e. The number of nitrogens with zero attached hydrogens (tertiary/aromatic N) is 1. The van der Waals surface area contributed by atoms with Crippen LogP contribution < -0.4 is 0 Å². The third kappa shape index (κ3) is 10.2. The van der Waals surface area contributed by atoms with E-state index < -0.39 is 22.0 Å². The first-order valence-corrected chi connectivity index (χ1v) is 9.87. The fraction of sp³-hybridized carbons (Fsp3) is 1.00. The molecule has 0 fully saturated rings. The number of unbranched alkanes of at least 4 members (excludes halogenated alkanes) is 3. The average molecular weight is 325 g/mol. The van der Waals surface area contributed by atoms with Crippen LogP contribution in [-0.4, -0.2) is 60.6 Å². The molecule has 128 valence electrons. The minimum absolute atomic E-state index is 0.416. The van der Waals surface area contributed by atoms with E-state index in [-0.39, 0.29) is 0 Å². The monoisotopic (exact) mass is 324 g/mol. The fourth-order valence-electron chi connectivity index (χ4n) is 2.83. The Morgan fingerprint density at radius 2 is 1.29 bits per heavy atom. The molecular formula is C15H34NO4S+. The Bertz CT molecular complexity index is 335. The summed E-state index contributed by atoms with van der Waals surface area (Å²) in [5, 5.41) is 10.1. The maximum Gasteiger partial charge on any atom is 0.267 e. The molecule has 0 heterocycles. The molecule has 0 amide bonds. The molecule has 6 heteroatoms. The predicted octanol–water partition coefficient (Wildman–Crippen LogP) is 2.45. The summed E-state index contributed by atoms with van der Waals surface area (Å²) in [6, 6.07) is 0. The summed E-state index contributed by atoms with van der Waals surface area (Å²) in [6.07, 6.45) is 5.50. The summed E-state index contributed by atoms with van der Waals surface area (Å²) < 4.78 is 31.6. The second kappa shape index (κ2) is 10.5. The van der Waals surface area contributed by atoms with Crippen LogP contribution in [-0.2, 0) is 10.1 Å². The van der Waals surface area contributed by atoms with Gasteiger partial charge in [0.1, 0.15) is 18.4 Å². The van der Waals surface area contributed by atoms with Gasteiger partial charge in [-0.3, -0.25) is 4.55 Å². The van der Waals surface area contributed by atoms with Gasteiger partial charge in [-0.25, -0.2) is 0 Å². The van der Waals surface area contributed by atoms with Gasteiger partial charge in [-0.1, -0.05) is 40.0 Å². The zero-order valence-electron chi connectivity index (χ0n) is 13.9. The van der Waals surface area contributed by atoms with Crippen molar-refractivity contribution in [2.75, 3.05) is 31.9 Å². The lowest BCUT2D eigenvalue weighted by Crippen LogP contribution is -2.55. The summed E-state index contributed by atoms with van der Waals surface area (Å²) >= 11 is 0. The van der Waals surface area contributed by atoms with Gasteiger partial charge >= 0.3 is 0 Å². The van der Waals surface area contributed by atoms with Crippen molar-refractivity contribution in [3.8, 4) is 0 Å². The first-order valence-electron chi connectivity index (χ1n) is 8.27. The summed E-state index contributed by atoms with van der Waals surface area (Å²) in [5.41, 5.74) is 0. The molecule has 0 saturated heterocycles. The molecule has 0 saturated carbocycles. The standard InChI is InChI=1S/C15H33NO4S/c1-4-7-10-16(11-8-5-2,12-9-6-3)13-15(17)14-21(18,19)20/h15,17H,4-14H2,1-3H3/p+1. The fourth-order valence-corrected chi connectivity index (χ4v) is 3.42. The van der Waals surface area contributed by atoms with Gasteiger partial charge in [0.2, 0.25) is 0 Å². The molecule has 1 atom stereocenters. The Balaban J connectivity index is 4.92. The van der Waals surface area contributed by atoms with Gasteiger partial charge in [0.05, 0.1) is 19.6 Å². The van der Waals surface area contributed by atoms with Gasteiger partial charge in [-0.05, 0) is 19.3 Å². The summed E-state index contributed by atoms with van der Waals surface area (Å²) in [5.74, 6) is -0.558. The number of hydrogen-bond acceptors (Lipinski definition) is 3. The maximum absolute atomic E-state index is 11.0. The van der Waals surface area contributed by atoms with Crippen molar-refractivity contribution < 1.29 is 22.6 Å². The van der Waals surface area contributed by atoms with Crippen LogP contribution in [0.15, 0.2) is 0 Å². The van der Waals surface area contributed by atoms with Crippen molar-refractivity contribution in [1.29, 1.82) is 0 Å². The third-order valence-corrected chi connectivity index (χ3v) is 4.77. The van der Waals surface area contributed by atoms with Crippen molar-refractivity contribution >= 4 is 10.1 Å². The number of aliphatic hydroxyl groups excluding tert-OH is 1. The van der Waals surface area contributed by atoms with Crippen LogP contribution in [0.1, 0.15) is 59.3 Å². The first-order chi connectivity index (χ1) is 9.78. The normalized spacial score (nSPS) is 14.3. The lowest BCUT2D eigenvalue weighted by Gasteiger charge is -2.40. The summed E-state index contributed by atoms with van der Waals surface area (Å²) in [7, 11) is -4.12. The topological polar surface area (TPSA) is 74.6 Å². The smallest absolute Gasteiger partial charge is 0.267 e. The van der Waals surface area contributed by atoms with E-state index in [1.165, 1.54) is 0 Å². The number of rotatable bonds is 13. The predicted molar refractivity (Wildman–Crippen MR) is 86.9 cm³/mol. The van der Waals surface area contributed by atoms with E-state index in [0.717, 1.165) is 62.6 Å². The summed E-state index contributed by atoms with van der Waals surface area (Å²) in [4.78, 5) is 0.